The smallest absolute Gasteiger partial charge is 0.326 e. The van der Waals surface area contributed by atoms with Gasteiger partial charge in [0.05, 0.1) is 25.0 Å². The minimum Gasteiger partial charge on any atom is -0.508 e. The average molecular weight is 1480 g/mol. The third kappa shape index (κ3) is 32.5. The van der Waals surface area contributed by atoms with Crippen LogP contribution in [0.25, 0.3) is 0 Å². The van der Waals surface area contributed by atoms with Crippen LogP contribution in [0.2, 0.25) is 0 Å². The van der Waals surface area contributed by atoms with Crippen molar-refractivity contribution in [2.45, 2.75) is 246 Å². The van der Waals surface area contributed by atoms with E-state index in [1.165, 1.54) is 86.6 Å². The topological polar surface area (TPSA) is 594 Å². The molecule has 1 aromatic carbocycles. The lowest BCUT2D eigenvalue weighted by Crippen LogP contribution is -2.62. The first-order valence-electron chi connectivity index (χ1n) is 34.1. The van der Waals surface area contributed by atoms with Gasteiger partial charge in [0.25, 0.3) is 0 Å². The predicted octanol–water partition coefficient (Wildman–Crippen LogP) is -3.38. The molecule has 1 aromatic rings. The van der Waals surface area contributed by atoms with E-state index in [-0.39, 0.29) is 36.8 Å². The first-order chi connectivity index (χ1) is 48.1. The predicted molar refractivity (Wildman–Crippen MR) is 371 cm³/mol. The highest BCUT2D eigenvalue weighted by Crippen LogP contribution is 2.17. The highest BCUT2D eigenvalue weighted by Gasteiger charge is 2.40. The van der Waals surface area contributed by atoms with E-state index in [0.29, 0.717) is 5.56 Å². The Balaban J connectivity index is 3.42. The minimum atomic E-state index is -1.85. The van der Waals surface area contributed by atoms with Crippen molar-refractivity contribution in [3.05, 3.63) is 29.8 Å². The normalized spacial score (nSPS) is 15.7. The number of carboxylic acids is 4. The standard InChI is InChI=1S/C67H108N14O23/c1-28(2)23-41(73-59(95)44(26-47(86)87)72-54(90)34(13)68)58(94)71-40(21-22-46(84)85)57(93)77-52(33(11)12)65(101)80-49(30(5)6)62(98)70-35(14)55(91)69-36(15)56(92)81-53(37(16)82)66(102)75-43(25-38-17-19-39(83)20-18-38)61(97)79-50(31(7)8)63(99)74-42(24-29(3)4)60(96)78-51(32(9)10)64(100)76-45(67(103)104)27-48(88)89/h17-20,28-37,40-45,49-53,82-83H,21-27,68H2,1-16H3,(H,69,91)(H,70,98)(H,71,94)(H,72,90)(H,73,95)(H,74,99)(H,75,102)(H,76,100)(H,77,93)(H,78,96)(H,79,97)(H,80,101)(H,81,92)(H,84,85)(H,86,87)(H,88,89)(H,103,104)/t34-,35-,36-,37+,40-,41-,42-,43-,44-,45-,49-,50-,51-,52-,53-/m0/s1. The van der Waals surface area contributed by atoms with E-state index in [1.807, 2.05) is 0 Å². The Hall–Kier alpha value is -10.1. The number of carbonyl (C=O) groups is 17. The molecule has 21 N–H and O–H groups in total. The Morgan fingerprint density at radius 1 is 0.337 bits per heavy atom. The first-order valence-corrected chi connectivity index (χ1v) is 34.1. The van der Waals surface area contributed by atoms with Crippen molar-refractivity contribution in [2.24, 2.45) is 41.2 Å². The van der Waals surface area contributed by atoms with Crippen molar-refractivity contribution in [3.63, 3.8) is 0 Å². The Morgan fingerprint density at radius 3 is 1.03 bits per heavy atom. The molecule has 0 aliphatic rings. The molecule has 0 saturated carbocycles. The third-order valence-electron chi connectivity index (χ3n) is 15.9. The molecular formula is C67H108N14O23. The molecule has 0 aliphatic carbocycles. The molecule has 104 heavy (non-hydrogen) atoms. The van der Waals surface area contributed by atoms with Crippen LogP contribution < -0.4 is 74.9 Å². The number of rotatable bonds is 45. The summed E-state index contributed by atoms with van der Waals surface area (Å²) < 4.78 is 0. The van der Waals surface area contributed by atoms with Gasteiger partial charge >= 0.3 is 23.9 Å². The number of aliphatic carboxylic acids is 4. The zero-order valence-corrected chi connectivity index (χ0v) is 61.6. The summed E-state index contributed by atoms with van der Waals surface area (Å²) in [6, 6.07) is -16.0. The fourth-order valence-electron chi connectivity index (χ4n) is 10.0. The van der Waals surface area contributed by atoms with Crippen molar-refractivity contribution >= 4 is 101 Å². The number of benzene rings is 1. The molecule has 0 bridgehead atoms. The summed E-state index contributed by atoms with van der Waals surface area (Å²) >= 11 is 0. The number of aromatic hydroxyl groups is 1. The molecule has 15 atom stereocenters. The van der Waals surface area contributed by atoms with Gasteiger partial charge in [0, 0.05) is 12.8 Å². The summed E-state index contributed by atoms with van der Waals surface area (Å²) in [5.41, 5.74) is 5.94. The third-order valence-corrected chi connectivity index (χ3v) is 15.9. The molecule has 0 saturated heterocycles. The first kappa shape index (κ1) is 91.9. The molecule has 0 radical (unpaired) electrons. The van der Waals surface area contributed by atoms with Gasteiger partial charge in [0.2, 0.25) is 76.8 Å². The van der Waals surface area contributed by atoms with Crippen LogP contribution in [0.15, 0.2) is 24.3 Å². The summed E-state index contributed by atoms with van der Waals surface area (Å²) in [6.07, 6.45) is -5.24. The van der Waals surface area contributed by atoms with Crippen molar-refractivity contribution in [1.82, 2.24) is 69.1 Å². The number of aliphatic hydroxyl groups is 1. The number of phenolic OH excluding ortho intramolecular Hbond substituents is 1. The summed E-state index contributed by atoms with van der Waals surface area (Å²) in [5.74, 6) is -22.6. The second-order valence-electron chi connectivity index (χ2n) is 27.9. The van der Waals surface area contributed by atoms with Gasteiger partial charge < -0.3 is 105 Å². The van der Waals surface area contributed by atoms with Gasteiger partial charge in [-0.2, -0.15) is 0 Å². The van der Waals surface area contributed by atoms with Crippen LogP contribution in [0.4, 0.5) is 0 Å². The number of phenols is 1. The van der Waals surface area contributed by atoms with Crippen LogP contribution in [0.3, 0.4) is 0 Å². The van der Waals surface area contributed by atoms with E-state index in [0.717, 1.165) is 6.92 Å². The monoisotopic (exact) mass is 1480 g/mol. The van der Waals surface area contributed by atoms with Crippen molar-refractivity contribution in [3.8, 4) is 5.75 Å². The second-order valence-corrected chi connectivity index (χ2v) is 27.9. The maximum absolute atomic E-state index is 14.4. The number of amides is 13. The van der Waals surface area contributed by atoms with Crippen LogP contribution in [0.5, 0.6) is 5.75 Å². The van der Waals surface area contributed by atoms with E-state index < -0.39 is 241 Å². The molecular weight excluding hydrogens is 1370 g/mol. The molecule has 0 unspecified atom stereocenters. The summed E-state index contributed by atoms with van der Waals surface area (Å²) in [4.78, 5) is 225. The fraction of sp³-hybridized carbons (Fsp3) is 0.657. The van der Waals surface area contributed by atoms with Crippen LogP contribution in [-0.4, -0.2) is 222 Å². The van der Waals surface area contributed by atoms with Gasteiger partial charge in [0.1, 0.15) is 84.3 Å². The van der Waals surface area contributed by atoms with Crippen LogP contribution in [0, 0.1) is 35.5 Å². The Kier molecular flexibility index (Phi) is 38.7. The quantitative estimate of drug-likeness (QED) is 0.0303. The Bertz CT molecular complexity index is 3200. The number of hydrogen-bond donors (Lipinski definition) is 20. The number of carboxylic acid groups (broad SMARTS) is 4. The van der Waals surface area contributed by atoms with E-state index in [9.17, 15) is 112 Å². The summed E-state index contributed by atoms with van der Waals surface area (Å²) in [6.45, 7) is 23.9. The molecule has 0 fully saturated rings. The van der Waals surface area contributed by atoms with Crippen molar-refractivity contribution in [1.29, 1.82) is 0 Å². The van der Waals surface area contributed by atoms with Gasteiger partial charge in [-0.3, -0.25) is 76.7 Å². The van der Waals surface area contributed by atoms with Crippen LogP contribution in [-0.2, 0) is 87.9 Å². The zero-order valence-electron chi connectivity index (χ0n) is 61.6. The lowest BCUT2D eigenvalue weighted by molar-refractivity contribution is -0.147. The van der Waals surface area contributed by atoms with Gasteiger partial charge in [-0.1, -0.05) is 95.2 Å². The minimum absolute atomic E-state index is 0.0227. The van der Waals surface area contributed by atoms with Crippen LogP contribution >= 0.6 is 0 Å². The number of aliphatic hydroxyl groups excluding tert-OH is 1. The molecule has 1 rings (SSSR count). The lowest BCUT2D eigenvalue weighted by Gasteiger charge is -2.30. The molecule has 584 valence electrons. The second kappa shape index (κ2) is 43.8. The van der Waals surface area contributed by atoms with E-state index in [2.05, 4.69) is 69.1 Å². The molecule has 0 heterocycles. The molecule has 0 aromatic heterocycles. The molecule has 37 nitrogen and oxygen atoms in total. The Labute approximate surface area is 603 Å². The maximum atomic E-state index is 14.4. The largest absolute Gasteiger partial charge is 0.508 e. The number of nitrogens with one attached hydrogen (secondary N) is 13. The van der Waals surface area contributed by atoms with E-state index in [1.54, 1.807) is 41.5 Å². The maximum Gasteiger partial charge on any atom is 0.326 e. The SMILES string of the molecule is CC(C)C[C@H](NC(=O)[C@H](CC(=O)O)NC(=O)[C@H](C)N)C(=O)N[C@@H](CCC(=O)O)C(=O)N[C@H](C(=O)N[C@H](C(=O)N[C@@H](C)C(=O)N[C@@H](C)C(=O)N[C@H](C(=O)N[C@@H](Cc1ccc(O)cc1)C(=O)N[C@H](C(=O)N[C@@H](CC(C)C)C(=O)N[C@H](C(=O)N[C@@H](CC(=O)O)C(=O)O)C(C)C)C(C)C)[C@@H](C)O)C(C)C)C(C)C. The highest BCUT2D eigenvalue weighted by molar-refractivity contribution is 6.01. The van der Waals surface area contributed by atoms with Crippen molar-refractivity contribution in [2.75, 3.05) is 0 Å². The fourth-order valence-corrected chi connectivity index (χ4v) is 10.0. The van der Waals surface area contributed by atoms with Gasteiger partial charge in [-0.15, -0.1) is 0 Å². The number of nitrogens with two attached hydrogens (primary N) is 1. The van der Waals surface area contributed by atoms with Crippen molar-refractivity contribution < 1.29 is 112 Å². The van der Waals surface area contributed by atoms with Gasteiger partial charge in [-0.25, -0.2) is 4.79 Å². The zero-order chi connectivity index (χ0) is 80.1. The molecule has 13 amide bonds. The number of carbonyl (C=O) groups excluding carboxylic acids is 13. The Morgan fingerprint density at radius 2 is 0.635 bits per heavy atom. The van der Waals surface area contributed by atoms with E-state index in [4.69, 9.17) is 5.73 Å². The summed E-state index contributed by atoms with van der Waals surface area (Å²) in [5, 5.41) is 90.1. The van der Waals surface area contributed by atoms with E-state index >= 15 is 0 Å². The lowest BCUT2D eigenvalue weighted by atomic mass is 9.97. The van der Waals surface area contributed by atoms with Crippen LogP contribution in [0.1, 0.15) is 155 Å². The average Bonchev–Trinajstić information content (AvgIpc) is 0.842. The molecule has 0 aliphatic heterocycles. The summed E-state index contributed by atoms with van der Waals surface area (Å²) in [7, 11) is 0. The van der Waals surface area contributed by atoms with Gasteiger partial charge in [0.15, 0.2) is 0 Å². The molecule has 37 heteroatoms. The highest BCUT2D eigenvalue weighted by atomic mass is 16.4. The van der Waals surface area contributed by atoms with Gasteiger partial charge in [-0.05, 0) is 100 Å². The number of hydrogen-bond acceptors (Lipinski definition) is 20. The molecule has 0 spiro atoms.